The molecule has 1 heterocycles. The van der Waals surface area contributed by atoms with Crippen molar-refractivity contribution in [2.45, 2.75) is 4.90 Å². The molecule has 0 amide bonds. The van der Waals surface area contributed by atoms with Crippen LogP contribution in [-0.2, 0) is 0 Å². The number of nitrogen functional groups attached to an aromatic ring is 1. The Bertz CT molecular complexity index is 734. The summed E-state index contributed by atoms with van der Waals surface area (Å²) in [7, 11) is 0. The summed E-state index contributed by atoms with van der Waals surface area (Å²) in [6, 6.07) is 13.8. The second kappa shape index (κ2) is 4.79. The van der Waals surface area contributed by atoms with Gasteiger partial charge in [-0.1, -0.05) is 17.7 Å². The van der Waals surface area contributed by atoms with E-state index in [-0.39, 0.29) is 0 Å². The summed E-state index contributed by atoms with van der Waals surface area (Å²) >= 11 is 7.97. The number of hydrogen-bond donors (Lipinski definition) is 1. The van der Waals surface area contributed by atoms with Crippen LogP contribution < -0.4 is 5.73 Å². The molecule has 0 aliphatic heterocycles. The van der Waals surface area contributed by atoms with Crippen LogP contribution >= 0.6 is 23.4 Å². The summed E-state index contributed by atoms with van der Waals surface area (Å²) in [6.07, 6.45) is 2.05. The Hall–Kier alpha value is -1.65. The lowest BCUT2D eigenvalue weighted by atomic mass is 10.3. The Morgan fingerprint density at radius 2 is 1.89 bits per heavy atom. The molecule has 0 fully saturated rings. The number of imidazole rings is 1. The molecule has 0 saturated heterocycles. The van der Waals surface area contributed by atoms with E-state index < -0.39 is 0 Å². The molecular formula is C14H12ClN3S. The van der Waals surface area contributed by atoms with E-state index in [1.165, 1.54) is 4.90 Å². The number of aromatic nitrogens is 2. The maximum absolute atomic E-state index is 6.26. The molecule has 3 rings (SSSR count). The van der Waals surface area contributed by atoms with E-state index in [2.05, 4.69) is 17.1 Å². The van der Waals surface area contributed by atoms with Crippen molar-refractivity contribution >= 4 is 40.3 Å². The first-order chi connectivity index (χ1) is 9.20. The Labute approximate surface area is 120 Å². The van der Waals surface area contributed by atoms with Gasteiger partial charge < -0.3 is 5.73 Å². The monoisotopic (exact) mass is 289 g/mol. The van der Waals surface area contributed by atoms with Crippen molar-refractivity contribution in [3.63, 3.8) is 0 Å². The summed E-state index contributed by atoms with van der Waals surface area (Å²) in [5.41, 5.74) is 8.63. The number of anilines is 1. The van der Waals surface area contributed by atoms with Crippen molar-refractivity contribution in [2.75, 3.05) is 12.0 Å². The number of nitrogens with zero attached hydrogens (tertiary/aromatic N) is 2. The Balaban J connectivity index is 2.26. The molecule has 0 aliphatic rings. The molecule has 1 aromatic heterocycles. The first kappa shape index (κ1) is 12.4. The van der Waals surface area contributed by atoms with Crippen LogP contribution in [0.2, 0.25) is 5.02 Å². The van der Waals surface area contributed by atoms with Gasteiger partial charge in [-0.25, -0.2) is 4.98 Å². The molecule has 0 atom stereocenters. The molecule has 0 aliphatic carbocycles. The Morgan fingerprint density at radius 3 is 2.58 bits per heavy atom. The first-order valence-corrected chi connectivity index (χ1v) is 7.38. The summed E-state index contributed by atoms with van der Waals surface area (Å²) in [4.78, 5) is 5.55. The van der Waals surface area contributed by atoms with Crippen molar-refractivity contribution in [3.05, 3.63) is 47.5 Å². The molecule has 5 heteroatoms. The van der Waals surface area contributed by atoms with Crippen molar-refractivity contribution in [3.8, 4) is 5.69 Å². The zero-order chi connectivity index (χ0) is 13.4. The van der Waals surface area contributed by atoms with E-state index in [0.717, 1.165) is 16.7 Å². The van der Waals surface area contributed by atoms with Gasteiger partial charge in [0.2, 0.25) is 5.95 Å². The van der Waals surface area contributed by atoms with Crippen LogP contribution in [0.5, 0.6) is 0 Å². The van der Waals surface area contributed by atoms with Gasteiger partial charge in [0.05, 0.1) is 16.1 Å². The SMILES string of the molecule is CSc1ccc(-n2c(N)nc3cccc(Cl)c32)cc1. The molecule has 0 saturated carbocycles. The maximum Gasteiger partial charge on any atom is 0.205 e. The second-order valence-corrected chi connectivity index (χ2v) is 5.40. The Morgan fingerprint density at radius 1 is 1.16 bits per heavy atom. The lowest BCUT2D eigenvalue weighted by Crippen LogP contribution is -2.00. The molecule has 2 N–H and O–H groups in total. The van der Waals surface area contributed by atoms with Gasteiger partial charge in [-0.15, -0.1) is 11.8 Å². The van der Waals surface area contributed by atoms with Crippen LogP contribution in [0.3, 0.4) is 0 Å². The van der Waals surface area contributed by atoms with Crippen LogP contribution in [0.4, 0.5) is 5.95 Å². The standard InChI is InChI=1S/C14H12ClN3S/c1-19-10-7-5-9(6-8-10)18-13-11(15)3-2-4-12(13)17-14(18)16/h2-8H,1H3,(H2,16,17). The molecule has 0 unspecified atom stereocenters. The quantitative estimate of drug-likeness (QED) is 0.726. The van der Waals surface area contributed by atoms with Gasteiger partial charge in [-0.2, -0.15) is 0 Å². The van der Waals surface area contributed by atoms with Crippen molar-refractivity contribution in [2.24, 2.45) is 0 Å². The first-order valence-electron chi connectivity index (χ1n) is 5.77. The fourth-order valence-electron chi connectivity index (χ4n) is 2.10. The van der Waals surface area contributed by atoms with Crippen LogP contribution in [0.1, 0.15) is 0 Å². The highest BCUT2D eigenvalue weighted by Gasteiger charge is 2.12. The van der Waals surface area contributed by atoms with Gasteiger partial charge in [0.1, 0.15) is 0 Å². The van der Waals surface area contributed by atoms with Crippen LogP contribution in [-0.4, -0.2) is 15.8 Å². The highest BCUT2D eigenvalue weighted by molar-refractivity contribution is 7.98. The zero-order valence-corrected chi connectivity index (χ0v) is 11.9. The maximum atomic E-state index is 6.26. The van der Waals surface area contributed by atoms with Crippen LogP contribution in [0.25, 0.3) is 16.7 Å². The summed E-state index contributed by atoms with van der Waals surface area (Å²) in [5, 5.41) is 0.649. The molecule has 3 aromatic rings. The third-order valence-corrected chi connectivity index (χ3v) is 4.03. The predicted molar refractivity (Wildman–Crippen MR) is 82.3 cm³/mol. The van der Waals surface area contributed by atoms with Gasteiger partial charge in [-0.3, -0.25) is 4.57 Å². The van der Waals surface area contributed by atoms with E-state index in [9.17, 15) is 0 Å². The number of nitrogens with two attached hydrogens (primary N) is 1. The largest absolute Gasteiger partial charge is 0.369 e. The summed E-state index contributed by atoms with van der Waals surface area (Å²) in [6.45, 7) is 0. The second-order valence-electron chi connectivity index (χ2n) is 4.11. The normalized spacial score (nSPS) is 11.1. The number of benzene rings is 2. The highest BCUT2D eigenvalue weighted by Crippen LogP contribution is 2.29. The minimum Gasteiger partial charge on any atom is -0.369 e. The minimum atomic E-state index is 0.444. The molecule has 96 valence electrons. The fourth-order valence-corrected chi connectivity index (χ4v) is 2.76. The molecule has 19 heavy (non-hydrogen) atoms. The van der Waals surface area contributed by atoms with E-state index >= 15 is 0 Å². The molecule has 0 bridgehead atoms. The van der Waals surface area contributed by atoms with Gasteiger partial charge in [-0.05, 0) is 42.7 Å². The van der Waals surface area contributed by atoms with E-state index in [1.54, 1.807) is 11.8 Å². The van der Waals surface area contributed by atoms with Gasteiger partial charge in [0.15, 0.2) is 0 Å². The number of hydrogen-bond acceptors (Lipinski definition) is 3. The highest BCUT2D eigenvalue weighted by atomic mass is 35.5. The minimum absolute atomic E-state index is 0.444. The van der Waals surface area contributed by atoms with Crippen molar-refractivity contribution in [1.82, 2.24) is 9.55 Å². The number of para-hydroxylation sites is 1. The third-order valence-electron chi connectivity index (χ3n) is 2.98. The average molecular weight is 290 g/mol. The topological polar surface area (TPSA) is 43.8 Å². The van der Waals surface area contributed by atoms with E-state index in [1.807, 2.05) is 41.2 Å². The van der Waals surface area contributed by atoms with Crippen LogP contribution in [0.15, 0.2) is 47.4 Å². The van der Waals surface area contributed by atoms with E-state index in [0.29, 0.717) is 11.0 Å². The number of halogens is 1. The predicted octanol–water partition coefficient (Wildman–Crippen LogP) is 3.98. The smallest absolute Gasteiger partial charge is 0.205 e. The van der Waals surface area contributed by atoms with E-state index in [4.69, 9.17) is 17.3 Å². The van der Waals surface area contributed by atoms with Crippen molar-refractivity contribution < 1.29 is 0 Å². The molecule has 3 nitrogen and oxygen atoms in total. The van der Waals surface area contributed by atoms with Gasteiger partial charge >= 0.3 is 0 Å². The third kappa shape index (κ3) is 2.07. The lowest BCUT2D eigenvalue weighted by Gasteiger charge is -2.08. The number of thioether (sulfide) groups is 1. The number of fused-ring (bicyclic) bond motifs is 1. The lowest BCUT2D eigenvalue weighted by molar-refractivity contribution is 1.10. The zero-order valence-electron chi connectivity index (χ0n) is 10.3. The molecule has 0 spiro atoms. The van der Waals surface area contributed by atoms with Crippen LogP contribution in [0, 0.1) is 0 Å². The molecule has 2 aromatic carbocycles. The van der Waals surface area contributed by atoms with Gasteiger partial charge in [0.25, 0.3) is 0 Å². The molecular weight excluding hydrogens is 278 g/mol. The van der Waals surface area contributed by atoms with Crippen molar-refractivity contribution in [1.29, 1.82) is 0 Å². The average Bonchev–Trinajstić information content (AvgIpc) is 2.76. The number of rotatable bonds is 2. The molecule has 0 radical (unpaired) electrons. The summed E-state index contributed by atoms with van der Waals surface area (Å²) in [5.74, 6) is 0.444. The fraction of sp³-hybridized carbons (Fsp3) is 0.0714. The summed E-state index contributed by atoms with van der Waals surface area (Å²) < 4.78 is 1.88. The Kier molecular flexibility index (Phi) is 3.12. The van der Waals surface area contributed by atoms with Gasteiger partial charge in [0, 0.05) is 10.6 Å².